The molecule has 0 radical (unpaired) electrons. The van der Waals surface area contributed by atoms with Crippen molar-refractivity contribution in [3.05, 3.63) is 59.0 Å². The summed E-state index contributed by atoms with van der Waals surface area (Å²) in [5, 5.41) is 20.2. The van der Waals surface area contributed by atoms with E-state index >= 15 is 4.39 Å². The molecule has 0 spiro atoms. The zero-order chi connectivity index (χ0) is 33.9. The number of rotatable bonds is 9. The first-order valence-electron chi connectivity index (χ1n) is 15.5. The van der Waals surface area contributed by atoms with Crippen LogP contribution in [0.25, 0.3) is 10.9 Å². The molecule has 0 unspecified atom stereocenters. The SMILES string of the molecule is [2H]c1c([2H])c(C2(C(=O)Cc3cc4cc(C(C)(C)C([2H])([2H])C)n(C([2H])([2H])[C@]([2H])(O)CO)c4cc3F)CC2)c([2H])c2c1OC(F)(F)O2. The van der Waals surface area contributed by atoms with Gasteiger partial charge in [-0.1, -0.05) is 26.8 Å². The average molecular weight is 526 g/mol. The number of hydrogen-bond donors (Lipinski definition) is 2. The van der Waals surface area contributed by atoms with Crippen LogP contribution in [0.1, 0.15) is 67.8 Å². The zero-order valence-electron chi connectivity index (χ0n) is 28.3. The van der Waals surface area contributed by atoms with Crippen LogP contribution >= 0.6 is 0 Å². The second kappa shape index (κ2) is 8.77. The van der Waals surface area contributed by atoms with Crippen molar-refractivity contribution < 1.29 is 48.6 Å². The Balaban J connectivity index is 1.61. The van der Waals surface area contributed by atoms with E-state index in [1.54, 1.807) is 0 Å². The molecule has 6 nitrogen and oxygen atoms in total. The molecule has 5 rings (SSSR count). The van der Waals surface area contributed by atoms with E-state index in [0.29, 0.717) is 0 Å². The van der Waals surface area contributed by atoms with E-state index in [9.17, 15) is 23.8 Å². The maximum Gasteiger partial charge on any atom is 0.586 e. The normalized spacial score (nSPS) is 23.0. The molecule has 0 bridgehead atoms. The summed E-state index contributed by atoms with van der Waals surface area (Å²) in [7, 11) is 0. The number of Topliss-reactive ketones (excluding diaryl/α,β-unsaturated/α-hetero) is 1. The Kier molecular flexibility index (Phi) is 4.14. The number of aliphatic hydroxyl groups is 2. The number of carbonyl (C=O) groups excluding carboxylic acids is 1. The Labute approximate surface area is 223 Å². The third kappa shape index (κ3) is 4.48. The summed E-state index contributed by atoms with van der Waals surface area (Å²) in [4.78, 5) is 13.7. The Hall–Kier alpha value is -3.04. The first kappa shape index (κ1) is 17.5. The molecule has 2 N–H and O–H groups in total. The first-order valence-corrected chi connectivity index (χ1v) is 11.5. The highest BCUT2D eigenvalue weighted by atomic mass is 19.3. The molecule has 3 aromatic rings. The molecule has 1 fully saturated rings. The van der Waals surface area contributed by atoms with Crippen LogP contribution < -0.4 is 9.47 Å². The lowest BCUT2D eigenvalue weighted by Crippen LogP contribution is -2.26. The molecule has 1 aliphatic heterocycles. The summed E-state index contributed by atoms with van der Waals surface area (Å²) in [6, 6.07) is 1.25. The average Bonchev–Trinajstić information content (AvgIpc) is 3.51. The number of ketones is 1. The monoisotopic (exact) mass is 525 g/mol. The topological polar surface area (TPSA) is 80.9 Å². The predicted molar refractivity (Wildman–Crippen MR) is 131 cm³/mol. The number of fused-ring (bicyclic) bond motifs is 2. The standard InChI is InChI=1S/C28H30F3NO5/c1-4-26(2,3)24-10-17-9-16(20(29)13-21(17)32(24)14-19(34)15-33)11-25(35)27(7-8-27)18-5-6-22-23(12-18)37-28(30,31)36-22/h5-6,9-10,12-13,19,33-34H,4,7-8,11,14-15H2,1-3H3/t19-/m0/s1/i4D2,5D,6D,12D,14D2,19D. The van der Waals surface area contributed by atoms with Gasteiger partial charge in [-0.25, -0.2) is 4.39 Å². The van der Waals surface area contributed by atoms with Gasteiger partial charge in [0, 0.05) is 25.7 Å². The van der Waals surface area contributed by atoms with Crippen LogP contribution in [0.4, 0.5) is 13.2 Å². The molecular weight excluding hydrogens is 487 g/mol. The number of halogens is 3. The summed E-state index contributed by atoms with van der Waals surface area (Å²) in [5.41, 5.74) is -3.83. The van der Waals surface area contributed by atoms with Crippen molar-refractivity contribution in [1.82, 2.24) is 4.57 Å². The number of aromatic nitrogens is 1. The summed E-state index contributed by atoms with van der Waals surface area (Å²) < 4.78 is 119. The minimum Gasteiger partial charge on any atom is -0.395 e. The summed E-state index contributed by atoms with van der Waals surface area (Å²) in [5.74, 6) is -3.25. The van der Waals surface area contributed by atoms with E-state index < -0.39 is 90.3 Å². The van der Waals surface area contributed by atoms with Crippen molar-refractivity contribution in [3.63, 3.8) is 0 Å². The third-order valence-electron chi connectivity index (χ3n) is 6.93. The van der Waals surface area contributed by atoms with Crippen molar-refractivity contribution >= 4 is 16.7 Å². The molecule has 9 heteroatoms. The maximum atomic E-state index is 15.7. The predicted octanol–water partition coefficient (Wildman–Crippen LogP) is 4.99. The molecule has 37 heavy (non-hydrogen) atoms. The second-order valence-electron chi connectivity index (χ2n) is 9.72. The summed E-state index contributed by atoms with van der Waals surface area (Å²) >= 11 is 0. The Morgan fingerprint density at radius 3 is 2.62 bits per heavy atom. The number of alkyl halides is 2. The van der Waals surface area contributed by atoms with E-state index in [-0.39, 0.29) is 40.6 Å². The quantitative estimate of drug-likeness (QED) is 0.412. The number of nitrogens with zero attached hydrogens (tertiary/aromatic N) is 1. The van der Waals surface area contributed by atoms with Crippen molar-refractivity contribution in [2.45, 2.75) is 76.1 Å². The van der Waals surface area contributed by atoms with Gasteiger partial charge in [0.2, 0.25) is 0 Å². The smallest absolute Gasteiger partial charge is 0.395 e. The van der Waals surface area contributed by atoms with Crippen LogP contribution in [-0.4, -0.2) is 39.5 Å². The van der Waals surface area contributed by atoms with E-state index in [2.05, 4.69) is 9.47 Å². The van der Waals surface area contributed by atoms with Gasteiger partial charge >= 0.3 is 6.29 Å². The highest BCUT2D eigenvalue weighted by Crippen LogP contribution is 2.52. The highest BCUT2D eigenvalue weighted by Gasteiger charge is 2.52. The minimum absolute atomic E-state index is 0.0755. The van der Waals surface area contributed by atoms with Crippen molar-refractivity contribution in [3.8, 4) is 11.5 Å². The fourth-order valence-electron chi connectivity index (χ4n) is 4.44. The van der Waals surface area contributed by atoms with Crippen LogP contribution in [0.3, 0.4) is 0 Å². The molecule has 2 heterocycles. The molecule has 1 atom stereocenters. The molecule has 198 valence electrons. The van der Waals surface area contributed by atoms with Crippen LogP contribution in [0.5, 0.6) is 11.5 Å². The van der Waals surface area contributed by atoms with Crippen LogP contribution in [-0.2, 0) is 28.5 Å². The fourth-order valence-corrected chi connectivity index (χ4v) is 4.44. The van der Waals surface area contributed by atoms with E-state index in [4.69, 9.17) is 11.0 Å². The van der Waals surface area contributed by atoms with Gasteiger partial charge in [0.25, 0.3) is 0 Å². The van der Waals surface area contributed by atoms with E-state index in [0.717, 1.165) is 10.6 Å². The lowest BCUT2D eigenvalue weighted by Gasteiger charge is -2.26. The number of carbonyl (C=O) groups is 1. The van der Waals surface area contributed by atoms with Gasteiger partial charge in [-0.3, -0.25) is 4.79 Å². The maximum absolute atomic E-state index is 15.7. The van der Waals surface area contributed by atoms with Gasteiger partial charge < -0.3 is 24.3 Å². The van der Waals surface area contributed by atoms with Crippen molar-refractivity contribution in [2.24, 2.45) is 0 Å². The number of hydrogen-bond acceptors (Lipinski definition) is 5. The Morgan fingerprint density at radius 2 is 1.97 bits per heavy atom. The van der Waals surface area contributed by atoms with Crippen LogP contribution in [0, 0.1) is 5.82 Å². The van der Waals surface area contributed by atoms with Gasteiger partial charge in [-0.15, -0.1) is 8.78 Å². The molecular formula is C28H30F3NO5. The molecule has 2 aromatic carbocycles. The van der Waals surface area contributed by atoms with Gasteiger partial charge in [0.1, 0.15) is 11.6 Å². The van der Waals surface area contributed by atoms with E-state index in [1.165, 1.54) is 32.9 Å². The third-order valence-corrected chi connectivity index (χ3v) is 6.93. The summed E-state index contributed by atoms with van der Waals surface area (Å²) in [6.45, 7) is -0.298. The lowest BCUT2D eigenvalue weighted by atomic mass is 9.86. The Bertz CT molecular complexity index is 1750. The number of ether oxygens (including phenoxy) is 2. The first-order chi connectivity index (χ1) is 20.4. The van der Waals surface area contributed by atoms with Gasteiger partial charge in [0.15, 0.2) is 11.5 Å². The van der Waals surface area contributed by atoms with Gasteiger partial charge in [-0.2, -0.15) is 0 Å². The van der Waals surface area contributed by atoms with E-state index in [1.807, 2.05) is 0 Å². The molecule has 1 aliphatic carbocycles. The van der Waals surface area contributed by atoms with Crippen LogP contribution in [0.15, 0.2) is 36.3 Å². The molecule has 0 saturated heterocycles. The second-order valence-corrected chi connectivity index (χ2v) is 9.72. The Morgan fingerprint density at radius 1 is 1.27 bits per heavy atom. The fraction of sp³-hybridized carbons (Fsp3) is 0.464. The molecule has 1 saturated carbocycles. The van der Waals surface area contributed by atoms with Crippen molar-refractivity contribution in [1.29, 1.82) is 0 Å². The molecule has 0 amide bonds. The van der Waals surface area contributed by atoms with Crippen LogP contribution in [0.2, 0.25) is 0 Å². The van der Waals surface area contributed by atoms with Gasteiger partial charge in [-0.05, 0) is 60.6 Å². The van der Waals surface area contributed by atoms with Crippen molar-refractivity contribution in [2.75, 3.05) is 6.61 Å². The minimum atomic E-state index is -4.16. The highest BCUT2D eigenvalue weighted by molar-refractivity contribution is 5.95. The largest absolute Gasteiger partial charge is 0.586 e. The number of aliphatic hydroxyl groups excluding tert-OH is 1. The zero-order valence-corrected chi connectivity index (χ0v) is 20.3. The van der Waals surface area contributed by atoms with Gasteiger partial charge in [0.05, 0.1) is 38.3 Å². The summed E-state index contributed by atoms with van der Waals surface area (Å²) in [6.07, 6.45) is -9.72. The molecule has 2 aliphatic rings. The molecule has 1 aromatic heterocycles. The lowest BCUT2D eigenvalue weighted by molar-refractivity contribution is -0.286. The number of benzene rings is 2.